The Hall–Kier alpha value is -3.62. The highest BCUT2D eigenvalue weighted by molar-refractivity contribution is 6.01. The van der Waals surface area contributed by atoms with Crippen LogP contribution in [0.15, 0.2) is 65.7 Å². The molecule has 174 valence electrons. The van der Waals surface area contributed by atoms with Crippen LogP contribution < -0.4 is 10.3 Å². The van der Waals surface area contributed by atoms with Crippen molar-refractivity contribution in [1.29, 1.82) is 0 Å². The van der Waals surface area contributed by atoms with E-state index >= 15 is 0 Å². The summed E-state index contributed by atoms with van der Waals surface area (Å²) in [6.07, 6.45) is -2.08. The Morgan fingerprint density at radius 2 is 1.88 bits per heavy atom. The second-order valence-electron chi connectivity index (χ2n) is 7.55. The first-order valence-corrected chi connectivity index (χ1v) is 10.3. The number of pyridine rings is 2. The van der Waals surface area contributed by atoms with E-state index in [4.69, 9.17) is 4.74 Å². The van der Waals surface area contributed by atoms with Gasteiger partial charge in [0.05, 0.1) is 11.6 Å². The Kier molecular flexibility index (Phi) is 7.20. The van der Waals surface area contributed by atoms with E-state index in [0.29, 0.717) is 23.9 Å². The monoisotopic (exact) mass is 459 g/mol. The molecule has 0 N–H and O–H groups in total. The minimum atomic E-state index is -4.47. The maximum atomic E-state index is 13.4. The van der Waals surface area contributed by atoms with Crippen LogP contribution in [-0.4, -0.2) is 39.6 Å². The van der Waals surface area contributed by atoms with Crippen molar-refractivity contribution in [3.05, 3.63) is 82.4 Å². The molecule has 1 unspecified atom stereocenters. The molecular formula is C24H24F3N3O3. The normalized spacial score (nSPS) is 12.3. The van der Waals surface area contributed by atoms with E-state index in [-0.39, 0.29) is 30.0 Å². The molecule has 0 radical (unpaired) electrons. The lowest BCUT2D eigenvalue weighted by Gasteiger charge is -2.28. The van der Waals surface area contributed by atoms with Crippen molar-refractivity contribution in [3.63, 3.8) is 0 Å². The first-order valence-electron chi connectivity index (χ1n) is 10.3. The van der Waals surface area contributed by atoms with E-state index in [1.54, 1.807) is 43.3 Å². The molecule has 33 heavy (non-hydrogen) atoms. The molecule has 3 rings (SSSR count). The minimum absolute atomic E-state index is 0.0453. The van der Waals surface area contributed by atoms with Crippen molar-refractivity contribution < 1.29 is 22.7 Å². The lowest BCUT2D eigenvalue weighted by Crippen LogP contribution is -2.42. The Morgan fingerprint density at radius 1 is 1.15 bits per heavy atom. The fourth-order valence-electron chi connectivity index (χ4n) is 3.41. The maximum Gasteiger partial charge on any atom is 0.417 e. The lowest BCUT2D eigenvalue weighted by molar-refractivity contribution is -0.137. The number of amides is 1. The molecule has 0 bridgehead atoms. The third kappa shape index (κ3) is 5.60. The Balaban J connectivity index is 1.77. The summed E-state index contributed by atoms with van der Waals surface area (Å²) in [4.78, 5) is 30.4. The first-order chi connectivity index (χ1) is 15.6. The van der Waals surface area contributed by atoms with Gasteiger partial charge in [-0.1, -0.05) is 18.2 Å². The van der Waals surface area contributed by atoms with Gasteiger partial charge in [0.1, 0.15) is 6.61 Å². The van der Waals surface area contributed by atoms with Crippen LogP contribution in [0.3, 0.4) is 0 Å². The number of benzene rings is 1. The number of halogens is 3. The second-order valence-corrected chi connectivity index (χ2v) is 7.55. The fourth-order valence-corrected chi connectivity index (χ4v) is 3.41. The van der Waals surface area contributed by atoms with Gasteiger partial charge in [0.2, 0.25) is 11.4 Å². The summed E-state index contributed by atoms with van der Waals surface area (Å²) in [5, 5.41) is 0. The number of hydrogen-bond acceptors (Lipinski definition) is 4. The quantitative estimate of drug-likeness (QED) is 0.526. The third-order valence-corrected chi connectivity index (χ3v) is 5.22. The summed E-state index contributed by atoms with van der Waals surface area (Å²) in [6, 6.07) is 11.9. The predicted octanol–water partition coefficient (Wildman–Crippen LogP) is 4.40. The number of aromatic nitrogens is 2. The summed E-state index contributed by atoms with van der Waals surface area (Å²) in [6.45, 7) is 4.07. The molecule has 9 heteroatoms. The predicted molar refractivity (Wildman–Crippen MR) is 118 cm³/mol. The molecule has 1 atom stereocenters. The van der Waals surface area contributed by atoms with Crippen LogP contribution in [0.5, 0.6) is 5.88 Å². The summed E-state index contributed by atoms with van der Waals surface area (Å²) in [7, 11) is 1.64. The van der Waals surface area contributed by atoms with Crippen molar-refractivity contribution in [2.24, 2.45) is 7.05 Å². The fraction of sp³-hybridized carbons (Fsp3) is 0.292. The van der Waals surface area contributed by atoms with Gasteiger partial charge in [-0.3, -0.25) is 9.59 Å². The van der Waals surface area contributed by atoms with E-state index in [9.17, 15) is 22.8 Å². The van der Waals surface area contributed by atoms with Crippen LogP contribution >= 0.6 is 0 Å². The molecule has 1 aromatic carbocycles. The number of carbonyl (C=O) groups excluding carboxylic acids is 1. The number of hydrogen-bond donors (Lipinski definition) is 0. The molecule has 0 saturated carbocycles. The van der Waals surface area contributed by atoms with Gasteiger partial charge in [0.15, 0.2) is 0 Å². The number of ether oxygens (including phenoxy) is 1. The highest BCUT2D eigenvalue weighted by Crippen LogP contribution is 2.29. The van der Waals surface area contributed by atoms with Gasteiger partial charge < -0.3 is 14.2 Å². The zero-order valence-electron chi connectivity index (χ0n) is 18.5. The highest BCUT2D eigenvalue weighted by Gasteiger charge is 2.31. The molecule has 0 aliphatic rings. The standard InChI is InChI=1S/C24H24F3N3O3/c1-4-30(16(2)15-33-21-11-10-18(13-28-21)24(25,26)27)23(32)20-8-6-5-7-19(20)17-9-12-22(31)29(3)14-17/h5-14,16H,4,15H2,1-3H3. The lowest BCUT2D eigenvalue weighted by atomic mass is 9.99. The summed E-state index contributed by atoms with van der Waals surface area (Å²) >= 11 is 0. The van der Waals surface area contributed by atoms with Crippen LogP contribution in [0.4, 0.5) is 13.2 Å². The molecule has 0 saturated heterocycles. The summed E-state index contributed by atoms with van der Waals surface area (Å²) in [5.74, 6) is -0.178. The van der Waals surface area contributed by atoms with Crippen LogP contribution in [-0.2, 0) is 13.2 Å². The number of likely N-dealkylation sites (N-methyl/N-ethyl adjacent to an activating group) is 1. The van der Waals surface area contributed by atoms with E-state index in [0.717, 1.165) is 17.7 Å². The van der Waals surface area contributed by atoms with E-state index < -0.39 is 11.7 Å². The Morgan fingerprint density at radius 3 is 2.48 bits per heavy atom. The first kappa shape index (κ1) is 24.0. The SMILES string of the molecule is CCN(C(=O)c1ccccc1-c1ccc(=O)n(C)c1)C(C)COc1ccc(C(F)(F)F)cn1. The molecule has 2 aromatic heterocycles. The maximum absolute atomic E-state index is 13.4. The van der Waals surface area contributed by atoms with Crippen molar-refractivity contribution >= 4 is 5.91 Å². The number of alkyl halides is 3. The van der Waals surface area contributed by atoms with Crippen molar-refractivity contribution in [2.45, 2.75) is 26.1 Å². The van der Waals surface area contributed by atoms with Crippen LogP contribution in [0.25, 0.3) is 11.1 Å². The molecule has 3 aromatic rings. The van der Waals surface area contributed by atoms with Gasteiger partial charge in [0, 0.05) is 43.7 Å². The molecule has 0 spiro atoms. The smallest absolute Gasteiger partial charge is 0.417 e. The highest BCUT2D eigenvalue weighted by atomic mass is 19.4. The van der Waals surface area contributed by atoms with Crippen molar-refractivity contribution in [3.8, 4) is 17.0 Å². The van der Waals surface area contributed by atoms with Crippen molar-refractivity contribution in [2.75, 3.05) is 13.2 Å². The van der Waals surface area contributed by atoms with Crippen LogP contribution in [0.2, 0.25) is 0 Å². The molecule has 6 nitrogen and oxygen atoms in total. The van der Waals surface area contributed by atoms with E-state index in [1.165, 1.54) is 10.6 Å². The molecule has 0 fully saturated rings. The van der Waals surface area contributed by atoms with Crippen LogP contribution in [0, 0.1) is 0 Å². The molecule has 1 amide bonds. The molecule has 0 aliphatic heterocycles. The Labute approximate surface area is 189 Å². The topological polar surface area (TPSA) is 64.4 Å². The van der Waals surface area contributed by atoms with Gasteiger partial charge >= 0.3 is 6.18 Å². The van der Waals surface area contributed by atoms with Gasteiger partial charge in [-0.05, 0) is 43.2 Å². The van der Waals surface area contributed by atoms with Crippen LogP contribution in [0.1, 0.15) is 29.8 Å². The third-order valence-electron chi connectivity index (χ3n) is 5.22. The zero-order valence-corrected chi connectivity index (χ0v) is 18.5. The van der Waals surface area contributed by atoms with E-state index in [1.807, 2.05) is 19.1 Å². The number of aryl methyl sites for hydroxylation is 1. The van der Waals surface area contributed by atoms with Gasteiger partial charge in [-0.25, -0.2) is 4.98 Å². The summed E-state index contributed by atoms with van der Waals surface area (Å²) in [5.41, 5.74) is 0.880. The average Bonchev–Trinajstić information content (AvgIpc) is 2.79. The zero-order chi connectivity index (χ0) is 24.2. The van der Waals surface area contributed by atoms with Gasteiger partial charge in [0.25, 0.3) is 5.91 Å². The average molecular weight is 459 g/mol. The van der Waals surface area contributed by atoms with Gasteiger partial charge in [-0.15, -0.1) is 0 Å². The number of nitrogens with zero attached hydrogens (tertiary/aromatic N) is 3. The molecular weight excluding hydrogens is 435 g/mol. The summed E-state index contributed by atoms with van der Waals surface area (Å²) < 4.78 is 45.1. The second kappa shape index (κ2) is 9.89. The van der Waals surface area contributed by atoms with Gasteiger partial charge in [-0.2, -0.15) is 13.2 Å². The Bertz CT molecular complexity index is 1170. The number of carbonyl (C=O) groups is 1. The van der Waals surface area contributed by atoms with Crippen molar-refractivity contribution in [1.82, 2.24) is 14.5 Å². The number of rotatable bonds is 7. The minimum Gasteiger partial charge on any atom is -0.475 e. The molecule has 2 heterocycles. The largest absolute Gasteiger partial charge is 0.475 e. The molecule has 0 aliphatic carbocycles. The van der Waals surface area contributed by atoms with E-state index in [2.05, 4.69) is 4.98 Å².